The fourth-order valence-corrected chi connectivity index (χ4v) is 3.22. The van der Waals surface area contributed by atoms with Crippen molar-refractivity contribution in [2.75, 3.05) is 13.1 Å². The van der Waals surface area contributed by atoms with E-state index in [1.165, 1.54) is 19.3 Å². The summed E-state index contributed by atoms with van der Waals surface area (Å²) < 4.78 is 0. The van der Waals surface area contributed by atoms with Gasteiger partial charge in [0.25, 0.3) is 0 Å². The van der Waals surface area contributed by atoms with Gasteiger partial charge in [0.15, 0.2) is 0 Å². The Morgan fingerprint density at radius 2 is 1.95 bits per heavy atom. The van der Waals surface area contributed by atoms with Gasteiger partial charge in [-0.15, -0.1) is 0 Å². The quantitative estimate of drug-likeness (QED) is 0.742. The van der Waals surface area contributed by atoms with E-state index in [1.54, 1.807) is 0 Å². The molecule has 1 aliphatic heterocycles. The molecular weight excluding hydrogens is 238 g/mol. The zero-order chi connectivity index (χ0) is 14.5. The van der Waals surface area contributed by atoms with Crippen molar-refractivity contribution in [3.63, 3.8) is 0 Å². The number of nitrogens with zero attached hydrogens (tertiary/aromatic N) is 1. The number of hydrogen-bond donors (Lipinski definition) is 2. The highest BCUT2D eigenvalue weighted by molar-refractivity contribution is 5.84. The number of carbonyl (C=O) groups is 1. The van der Waals surface area contributed by atoms with Gasteiger partial charge in [-0.2, -0.15) is 0 Å². The number of likely N-dealkylation sites (tertiary alicyclic amines) is 1. The maximum atomic E-state index is 11.6. The molecule has 4 heteroatoms. The summed E-state index contributed by atoms with van der Waals surface area (Å²) in [6.45, 7) is 10.4. The van der Waals surface area contributed by atoms with Crippen molar-refractivity contribution in [2.45, 2.75) is 77.4 Å². The van der Waals surface area contributed by atoms with Gasteiger partial charge in [-0.05, 0) is 59.5 Å². The van der Waals surface area contributed by atoms with Crippen LogP contribution < -0.4 is 11.1 Å². The van der Waals surface area contributed by atoms with E-state index < -0.39 is 5.54 Å². The van der Waals surface area contributed by atoms with Gasteiger partial charge in [0.1, 0.15) is 0 Å². The Kier molecular flexibility index (Phi) is 6.27. The first kappa shape index (κ1) is 16.4. The molecule has 0 aliphatic carbocycles. The third-order valence-electron chi connectivity index (χ3n) is 4.58. The van der Waals surface area contributed by atoms with Crippen LogP contribution in [0.4, 0.5) is 0 Å². The monoisotopic (exact) mass is 269 g/mol. The average molecular weight is 269 g/mol. The van der Waals surface area contributed by atoms with Gasteiger partial charge >= 0.3 is 0 Å². The van der Waals surface area contributed by atoms with E-state index in [0.717, 1.165) is 25.9 Å². The maximum absolute atomic E-state index is 11.6. The first-order chi connectivity index (χ1) is 8.90. The standard InChI is InChI=1S/C15H31N3O/c1-5-17-15(4,14(16)19)10-7-11-18-12(2)8-6-9-13(18)3/h12-13,17H,5-11H2,1-4H3,(H2,16,19). The molecule has 0 spiro atoms. The van der Waals surface area contributed by atoms with Gasteiger partial charge in [-0.1, -0.05) is 13.3 Å². The van der Waals surface area contributed by atoms with Crippen LogP contribution in [0.5, 0.6) is 0 Å². The Bertz CT molecular complexity index is 285. The van der Waals surface area contributed by atoms with E-state index in [9.17, 15) is 4.79 Å². The molecule has 1 aliphatic rings. The van der Waals surface area contributed by atoms with Crippen LogP contribution in [0.3, 0.4) is 0 Å². The smallest absolute Gasteiger partial charge is 0.237 e. The molecule has 112 valence electrons. The second-order valence-electron chi connectivity index (χ2n) is 6.20. The highest BCUT2D eigenvalue weighted by Crippen LogP contribution is 2.23. The highest BCUT2D eigenvalue weighted by Gasteiger charge is 2.30. The zero-order valence-corrected chi connectivity index (χ0v) is 13.0. The van der Waals surface area contributed by atoms with Crippen LogP contribution in [-0.4, -0.2) is 41.5 Å². The summed E-state index contributed by atoms with van der Waals surface area (Å²) in [6, 6.07) is 1.34. The van der Waals surface area contributed by atoms with Gasteiger partial charge in [-0.3, -0.25) is 9.69 Å². The molecule has 1 saturated heterocycles. The van der Waals surface area contributed by atoms with Crippen molar-refractivity contribution >= 4 is 5.91 Å². The number of amides is 1. The Labute approximate surface area is 118 Å². The molecule has 0 bridgehead atoms. The van der Waals surface area contributed by atoms with Crippen LogP contribution in [-0.2, 0) is 4.79 Å². The number of likely N-dealkylation sites (N-methyl/N-ethyl adjacent to an activating group) is 1. The van der Waals surface area contributed by atoms with E-state index in [4.69, 9.17) is 5.73 Å². The molecule has 3 unspecified atom stereocenters. The van der Waals surface area contributed by atoms with E-state index in [2.05, 4.69) is 24.1 Å². The van der Waals surface area contributed by atoms with E-state index in [0.29, 0.717) is 12.1 Å². The minimum Gasteiger partial charge on any atom is -0.368 e. The van der Waals surface area contributed by atoms with Crippen LogP contribution in [0.25, 0.3) is 0 Å². The van der Waals surface area contributed by atoms with Gasteiger partial charge in [-0.25, -0.2) is 0 Å². The third-order valence-corrected chi connectivity index (χ3v) is 4.58. The molecule has 0 aromatic heterocycles. The first-order valence-electron chi connectivity index (χ1n) is 7.71. The minimum atomic E-state index is -0.559. The molecular formula is C15H31N3O. The molecule has 0 radical (unpaired) electrons. The van der Waals surface area contributed by atoms with Crippen LogP contribution in [0.2, 0.25) is 0 Å². The number of piperidine rings is 1. The maximum Gasteiger partial charge on any atom is 0.237 e. The molecule has 0 saturated carbocycles. The van der Waals surface area contributed by atoms with Crippen molar-refractivity contribution in [3.8, 4) is 0 Å². The van der Waals surface area contributed by atoms with Crippen molar-refractivity contribution in [3.05, 3.63) is 0 Å². The lowest BCUT2D eigenvalue weighted by Gasteiger charge is -2.39. The lowest BCUT2D eigenvalue weighted by molar-refractivity contribution is -0.124. The molecule has 3 atom stereocenters. The lowest BCUT2D eigenvalue weighted by atomic mass is 9.93. The SMILES string of the molecule is CCNC(C)(CCCN1C(C)CCCC1C)C(N)=O. The van der Waals surface area contributed by atoms with Gasteiger partial charge in [0.2, 0.25) is 5.91 Å². The Hall–Kier alpha value is -0.610. The second-order valence-corrected chi connectivity index (χ2v) is 6.20. The normalized spacial score (nSPS) is 28.0. The molecule has 3 N–H and O–H groups in total. The van der Waals surface area contributed by atoms with E-state index >= 15 is 0 Å². The molecule has 1 heterocycles. The number of nitrogens with two attached hydrogens (primary N) is 1. The molecule has 1 rings (SSSR count). The van der Waals surface area contributed by atoms with Gasteiger partial charge in [0.05, 0.1) is 5.54 Å². The highest BCUT2D eigenvalue weighted by atomic mass is 16.1. The molecule has 19 heavy (non-hydrogen) atoms. The lowest BCUT2D eigenvalue weighted by Crippen LogP contribution is -2.53. The van der Waals surface area contributed by atoms with Crippen LogP contribution >= 0.6 is 0 Å². The van der Waals surface area contributed by atoms with Crippen molar-refractivity contribution in [1.29, 1.82) is 0 Å². The molecule has 0 aromatic carbocycles. The van der Waals surface area contributed by atoms with E-state index in [-0.39, 0.29) is 5.91 Å². The van der Waals surface area contributed by atoms with Crippen LogP contribution in [0.15, 0.2) is 0 Å². The fraction of sp³-hybridized carbons (Fsp3) is 0.933. The fourth-order valence-electron chi connectivity index (χ4n) is 3.22. The summed E-state index contributed by atoms with van der Waals surface area (Å²) in [7, 11) is 0. The number of nitrogens with one attached hydrogen (secondary N) is 1. The van der Waals surface area contributed by atoms with E-state index in [1.807, 2.05) is 13.8 Å². The molecule has 1 amide bonds. The molecule has 4 nitrogen and oxygen atoms in total. The van der Waals surface area contributed by atoms with Crippen LogP contribution in [0, 0.1) is 0 Å². The van der Waals surface area contributed by atoms with Crippen molar-refractivity contribution in [2.24, 2.45) is 5.73 Å². The number of hydrogen-bond acceptors (Lipinski definition) is 3. The number of carbonyl (C=O) groups excluding carboxylic acids is 1. The number of primary amides is 1. The largest absolute Gasteiger partial charge is 0.368 e. The first-order valence-corrected chi connectivity index (χ1v) is 7.71. The Balaban J connectivity index is 2.45. The summed E-state index contributed by atoms with van der Waals surface area (Å²) in [5.74, 6) is -0.242. The Morgan fingerprint density at radius 3 is 2.42 bits per heavy atom. The summed E-state index contributed by atoms with van der Waals surface area (Å²) in [5, 5.41) is 3.23. The van der Waals surface area contributed by atoms with Crippen molar-refractivity contribution in [1.82, 2.24) is 10.2 Å². The van der Waals surface area contributed by atoms with Crippen molar-refractivity contribution < 1.29 is 4.79 Å². The van der Waals surface area contributed by atoms with Crippen LogP contribution in [0.1, 0.15) is 59.8 Å². The predicted molar refractivity (Wildman–Crippen MR) is 80.0 cm³/mol. The topological polar surface area (TPSA) is 58.4 Å². The summed E-state index contributed by atoms with van der Waals surface area (Å²) >= 11 is 0. The van der Waals surface area contributed by atoms with Gasteiger partial charge in [0, 0.05) is 12.1 Å². The summed E-state index contributed by atoms with van der Waals surface area (Å²) in [5.41, 5.74) is 4.96. The minimum absolute atomic E-state index is 0.242. The third kappa shape index (κ3) is 4.46. The zero-order valence-electron chi connectivity index (χ0n) is 13.0. The predicted octanol–water partition coefficient (Wildman–Crippen LogP) is 1.88. The molecule has 1 fully saturated rings. The average Bonchev–Trinajstić information content (AvgIpc) is 2.33. The van der Waals surface area contributed by atoms with Gasteiger partial charge < -0.3 is 11.1 Å². The second kappa shape index (κ2) is 7.25. The molecule has 0 aromatic rings. The number of rotatable bonds is 7. The summed E-state index contributed by atoms with van der Waals surface area (Å²) in [4.78, 5) is 14.1. The summed E-state index contributed by atoms with van der Waals surface area (Å²) in [6.07, 6.45) is 5.76. The Morgan fingerprint density at radius 1 is 1.37 bits per heavy atom.